The van der Waals surface area contributed by atoms with Crippen molar-refractivity contribution in [2.24, 2.45) is 0 Å². The Balaban J connectivity index is 2.19. The molecule has 0 atom stereocenters. The maximum absolute atomic E-state index is 4.41. The molecular formula is C15H11BrN2. The zero-order valence-electron chi connectivity index (χ0n) is 9.62. The molecule has 3 aromatic rings. The van der Waals surface area contributed by atoms with Gasteiger partial charge in [-0.1, -0.05) is 58.4 Å². The Hall–Kier alpha value is -1.87. The summed E-state index contributed by atoms with van der Waals surface area (Å²) in [6, 6.07) is 18.4. The number of rotatable bonds is 2. The molecular weight excluding hydrogens is 288 g/mol. The van der Waals surface area contributed by atoms with Crippen molar-refractivity contribution in [2.45, 2.75) is 0 Å². The largest absolute Gasteiger partial charge is 0.298 e. The van der Waals surface area contributed by atoms with E-state index in [1.807, 2.05) is 47.7 Å². The highest BCUT2D eigenvalue weighted by molar-refractivity contribution is 9.11. The van der Waals surface area contributed by atoms with Gasteiger partial charge in [0.2, 0.25) is 0 Å². The number of fused-ring (bicyclic) bond motifs is 1. The third-order valence-electron chi connectivity index (χ3n) is 2.89. The molecule has 0 aliphatic carbocycles. The van der Waals surface area contributed by atoms with E-state index in [4.69, 9.17) is 0 Å². The molecule has 0 spiro atoms. The minimum Gasteiger partial charge on any atom is -0.298 e. The van der Waals surface area contributed by atoms with Gasteiger partial charge in [-0.2, -0.15) is 0 Å². The van der Waals surface area contributed by atoms with Crippen LogP contribution >= 0.6 is 15.9 Å². The molecule has 0 bridgehead atoms. The molecule has 88 valence electrons. The van der Waals surface area contributed by atoms with E-state index >= 15 is 0 Å². The number of hydrogen-bond donors (Lipinski definition) is 0. The summed E-state index contributed by atoms with van der Waals surface area (Å²) < 4.78 is 2.08. The molecule has 2 nitrogen and oxygen atoms in total. The molecule has 0 aliphatic heterocycles. The molecule has 0 amide bonds. The second-order valence-corrected chi connectivity index (χ2v) is 4.42. The fourth-order valence-corrected chi connectivity index (χ4v) is 2.50. The molecule has 18 heavy (non-hydrogen) atoms. The van der Waals surface area contributed by atoms with Gasteiger partial charge in [-0.15, -0.1) is 0 Å². The summed E-state index contributed by atoms with van der Waals surface area (Å²) in [4.78, 5) is 6.34. The molecule has 0 fully saturated rings. The van der Waals surface area contributed by atoms with Gasteiger partial charge in [0, 0.05) is 4.99 Å². The van der Waals surface area contributed by atoms with E-state index in [0.717, 1.165) is 22.3 Å². The molecule has 3 rings (SSSR count). The van der Waals surface area contributed by atoms with Crippen LogP contribution in [0.3, 0.4) is 0 Å². The molecule has 1 aromatic heterocycles. The molecule has 0 saturated heterocycles. The lowest BCUT2D eigenvalue weighted by Crippen LogP contribution is -1.96. The lowest BCUT2D eigenvalue weighted by atomic mass is 10.2. The first-order valence-corrected chi connectivity index (χ1v) is 6.60. The van der Waals surface area contributed by atoms with Gasteiger partial charge in [0.1, 0.15) is 6.33 Å². The van der Waals surface area contributed by atoms with Gasteiger partial charge in [0.25, 0.3) is 0 Å². The van der Waals surface area contributed by atoms with Crippen molar-refractivity contribution >= 4 is 32.7 Å². The standard InChI is InChI=1S/C15H11BrN2/c16-10-15(12-6-2-1-3-7-12)18-11-17-13-8-4-5-9-14(13)18/h1-11H. The summed E-state index contributed by atoms with van der Waals surface area (Å²) in [5, 5.41) is 0. The van der Waals surface area contributed by atoms with Crippen LogP contribution in [0.25, 0.3) is 16.7 Å². The fourth-order valence-electron chi connectivity index (χ4n) is 2.01. The first kappa shape index (κ1) is 11.2. The SMILES string of the molecule is BrC=C(c1ccccc1)n1cnc2ccccc21. The quantitative estimate of drug-likeness (QED) is 0.690. The van der Waals surface area contributed by atoms with Crippen LogP contribution in [0.5, 0.6) is 0 Å². The van der Waals surface area contributed by atoms with E-state index in [0.29, 0.717) is 0 Å². The van der Waals surface area contributed by atoms with Crippen molar-refractivity contribution in [1.29, 1.82) is 0 Å². The zero-order valence-corrected chi connectivity index (χ0v) is 11.2. The summed E-state index contributed by atoms with van der Waals surface area (Å²) in [6.07, 6.45) is 1.85. The monoisotopic (exact) mass is 298 g/mol. The predicted octanol–water partition coefficient (Wildman–Crippen LogP) is 4.28. The Kier molecular flexibility index (Phi) is 2.99. The van der Waals surface area contributed by atoms with E-state index in [1.54, 1.807) is 0 Å². The Morgan fingerprint density at radius 2 is 1.72 bits per heavy atom. The summed E-state index contributed by atoms with van der Waals surface area (Å²) in [5.74, 6) is 0. The number of para-hydroxylation sites is 2. The normalized spacial score (nSPS) is 11.9. The first-order chi connectivity index (χ1) is 8.90. The maximum atomic E-state index is 4.41. The van der Waals surface area contributed by atoms with Gasteiger partial charge < -0.3 is 0 Å². The highest BCUT2D eigenvalue weighted by Crippen LogP contribution is 2.23. The van der Waals surface area contributed by atoms with E-state index in [-0.39, 0.29) is 0 Å². The molecule has 0 saturated carbocycles. The van der Waals surface area contributed by atoms with Crippen LogP contribution in [-0.4, -0.2) is 9.55 Å². The highest BCUT2D eigenvalue weighted by Gasteiger charge is 2.07. The first-order valence-electron chi connectivity index (χ1n) is 5.68. The average molecular weight is 299 g/mol. The van der Waals surface area contributed by atoms with Crippen LogP contribution < -0.4 is 0 Å². The third-order valence-corrected chi connectivity index (χ3v) is 3.32. The Morgan fingerprint density at radius 3 is 2.50 bits per heavy atom. The number of benzene rings is 2. The molecule has 1 heterocycles. The van der Waals surface area contributed by atoms with Crippen molar-refractivity contribution in [3.8, 4) is 0 Å². The second-order valence-electron chi connectivity index (χ2n) is 3.96. The fraction of sp³-hybridized carbons (Fsp3) is 0. The topological polar surface area (TPSA) is 17.8 Å². The van der Waals surface area contributed by atoms with Gasteiger partial charge in [-0.3, -0.25) is 4.57 Å². The Morgan fingerprint density at radius 1 is 1.00 bits per heavy atom. The van der Waals surface area contributed by atoms with Crippen molar-refractivity contribution in [2.75, 3.05) is 0 Å². The number of nitrogens with zero attached hydrogens (tertiary/aromatic N) is 2. The van der Waals surface area contributed by atoms with E-state index < -0.39 is 0 Å². The molecule has 2 aromatic carbocycles. The molecule has 3 heteroatoms. The van der Waals surface area contributed by atoms with Crippen LogP contribution in [0.15, 0.2) is 65.9 Å². The van der Waals surface area contributed by atoms with E-state index in [2.05, 4.69) is 43.7 Å². The van der Waals surface area contributed by atoms with Gasteiger partial charge >= 0.3 is 0 Å². The van der Waals surface area contributed by atoms with Gasteiger partial charge in [0.15, 0.2) is 0 Å². The summed E-state index contributed by atoms with van der Waals surface area (Å²) in [6.45, 7) is 0. The van der Waals surface area contributed by atoms with Crippen LogP contribution in [0.1, 0.15) is 5.56 Å². The van der Waals surface area contributed by atoms with Gasteiger partial charge in [0.05, 0.1) is 16.7 Å². The number of imidazole rings is 1. The van der Waals surface area contributed by atoms with Crippen molar-refractivity contribution in [1.82, 2.24) is 9.55 Å². The summed E-state index contributed by atoms with van der Waals surface area (Å²) in [5.41, 5.74) is 4.33. The molecule has 0 aliphatic rings. The molecule has 0 unspecified atom stereocenters. The van der Waals surface area contributed by atoms with Crippen LogP contribution in [0.4, 0.5) is 0 Å². The van der Waals surface area contributed by atoms with E-state index in [9.17, 15) is 0 Å². The Bertz CT molecular complexity index is 699. The lowest BCUT2D eigenvalue weighted by Gasteiger charge is -2.09. The summed E-state index contributed by atoms with van der Waals surface area (Å²) >= 11 is 3.45. The van der Waals surface area contributed by atoms with Crippen molar-refractivity contribution < 1.29 is 0 Å². The third kappa shape index (κ3) is 1.87. The van der Waals surface area contributed by atoms with E-state index in [1.165, 1.54) is 0 Å². The maximum Gasteiger partial charge on any atom is 0.100 e. The van der Waals surface area contributed by atoms with Gasteiger partial charge in [-0.05, 0) is 17.7 Å². The lowest BCUT2D eigenvalue weighted by molar-refractivity contribution is 1.13. The molecule has 0 radical (unpaired) electrons. The average Bonchev–Trinajstić information content (AvgIpc) is 2.85. The zero-order chi connectivity index (χ0) is 12.4. The smallest absolute Gasteiger partial charge is 0.100 e. The predicted molar refractivity (Wildman–Crippen MR) is 78.5 cm³/mol. The van der Waals surface area contributed by atoms with Crippen LogP contribution in [0.2, 0.25) is 0 Å². The summed E-state index contributed by atoms with van der Waals surface area (Å²) in [7, 11) is 0. The van der Waals surface area contributed by atoms with Crippen LogP contribution in [-0.2, 0) is 0 Å². The van der Waals surface area contributed by atoms with Gasteiger partial charge in [-0.25, -0.2) is 4.98 Å². The number of hydrogen-bond acceptors (Lipinski definition) is 1. The molecule has 0 N–H and O–H groups in total. The second kappa shape index (κ2) is 4.78. The van der Waals surface area contributed by atoms with Crippen molar-refractivity contribution in [3.05, 3.63) is 71.5 Å². The van der Waals surface area contributed by atoms with Crippen molar-refractivity contribution in [3.63, 3.8) is 0 Å². The minimum absolute atomic E-state index is 1.00. The minimum atomic E-state index is 1.00. The highest BCUT2D eigenvalue weighted by atomic mass is 79.9. The number of halogens is 1. The number of aromatic nitrogens is 2. The van der Waals surface area contributed by atoms with Crippen LogP contribution in [0, 0.1) is 0 Å². The Labute approximate surface area is 114 Å².